The van der Waals surface area contributed by atoms with E-state index in [0.29, 0.717) is 37.4 Å². The first-order valence-corrected chi connectivity index (χ1v) is 11.9. The fourth-order valence-corrected chi connectivity index (χ4v) is 4.22. The molecule has 0 saturated carbocycles. The molecule has 1 aliphatic rings. The van der Waals surface area contributed by atoms with Gasteiger partial charge in [-0.1, -0.05) is 62.2 Å². The Kier molecular flexibility index (Phi) is 9.14. The highest BCUT2D eigenvalue weighted by atomic mass is 16.5. The number of ether oxygens (including phenoxy) is 1. The quantitative estimate of drug-likeness (QED) is 0.602. The number of hydrogen-bond donors (Lipinski definition) is 0. The average molecular weight is 437 g/mol. The van der Waals surface area contributed by atoms with Gasteiger partial charge < -0.3 is 14.5 Å². The Morgan fingerprint density at radius 2 is 1.72 bits per heavy atom. The zero-order valence-electron chi connectivity index (χ0n) is 19.5. The van der Waals surface area contributed by atoms with Gasteiger partial charge in [0, 0.05) is 26.6 Å². The number of unbranched alkanes of at least 4 members (excludes halogenated alkanes) is 2. The van der Waals surface area contributed by atoms with Crippen molar-refractivity contribution in [1.29, 1.82) is 0 Å². The number of nitrogens with zero attached hydrogens (tertiary/aromatic N) is 2. The van der Waals surface area contributed by atoms with E-state index in [0.717, 1.165) is 38.5 Å². The molecule has 0 fully saturated rings. The van der Waals surface area contributed by atoms with Crippen molar-refractivity contribution >= 4 is 11.8 Å². The molecule has 0 bridgehead atoms. The van der Waals surface area contributed by atoms with Crippen LogP contribution >= 0.6 is 0 Å². The summed E-state index contributed by atoms with van der Waals surface area (Å²) in [7, 11) is 1.83. The zero-order valence-corrected chi connectivity index (χ0v) is 19.5. The number of rotatable bonds is 6. The summed E-state index contributed by atoms with van der Waals surface area (Å²) in [4.78, 5) is 30.0. The second kappa shape index (κ2) is 12.3. The Hall–Kier alpha value is -2.82. The summed E-state index contributed by atoms with van der Waals surface area (Å²) in [6.45, 7) is 3.87. The monoisotopic (exact) mass is 436 g/mol. The third-order valence-corrected chi connectivity index (χ3v) is 6.11. The van der Waals surface area contributed by atoms with E-state index in [4.69, 9.17) is 4.74 Å². The highest BCUT2D eigenvalue weighted by Gasteiger charge is 2.26. The summed E-state index contributed by atoms with van der Waals surface area (Å²) < 4.78 is 6.23. The zero-order chi connectivity index (χ0) is 22.8. The maximum atomic E-state index is 13.3. The fourth-order valence-electron chi connectivity index (χ4n) is 4.22. The minimum absolute atomic E-state index is 0.0201. The predicted octanol–water partition coefficient (Wildman–Crippen LogP) is 4.95. The van der Waals surface area contributed by atoms with E-state index in [1.165, 1.54) is 5.56 Å². The van der Waals surface area contributed by atoms with Gasteiger partial charge in [-0.15, -0.1) is 0 Å². The third kappa shape index (κ3) is 6.59. The predicted molar refractivity (Wildman–Crippen MR) is 128 cm³/mol. The van der Waals surface area contributed by atoms with Gasteiger partial charge in [-0.2, -0.15) is 0 Å². The van der Waals surface area contributed by atoms with Crippen LogP contribution in [0.5, 0.6) is 5.75 Å². The lowest BCUT2D eigenvalue weighted by molar-refractivity contribution is -0.134. The molecule has 0 radical (unpaired) electrons. The second-order valence-corrected chi connectivity index (χ2v) is 8.63. The molecule has 32 heavy (non-hydrogen) atoms. The van der Waals surface area contributed by atoms with Crippen molar-refractivity contribution in [1.82, 2.24) is 9.80 Å². The van der Waals surface area contributed by atoms with Gasteiger partial charge >= 0.3 is 0 Å². The molecule has 2 aromatic rings. The lowest BCUT2D eigenvalue weighted by Crippen LogP contribution is -2.46. The molecular formula is C27H36N2O3. The molecule has 0 N–H and O–H groups in total. The van der Waals surface area contributed by atoms with Crippen LogP contribution in [-0.4, -0.2) is 54.4 Å². The van der Waals surface area contributed by atoms with Gasteiger partial charge in [0.1, 0.15) is 12.4 Å². The summed E-state index contributed by atoms with van der Waals surface area (Å²) >= 11 is 0. The molecule has 1 heterocycles. The van der Waals surface area contributed by atoms with Crippen LogP contribution in [0.1, 0.15) is 61.4 Å². The topological polar surface area (TPSA) is 49.9 Å². The second-order valence-electron chi connectivity index (χ2n) is 8.63. The number of benzene rings is 2. The van der Waals surface area contributed by atoms with Crippen LogP contribution in [0.15, 0.2) is 54.6 Å². The molecule has 1 atom stereocenters. The highest BCUT2D eigenvalue weighted by Crippen LogP contribution is 2.23. The van der Waals surface area contributed by atoms with Gasteiger partial charge in [-0.3, -0.25) is 9.59 Å². The summed E-state index contributed by atoms with van der Waals surface area (Å²) in [5, 5.41) is 0. The number of hydrogen-bond acceptors (Lipinski definition) is 3. The minimum Gasteiger partial charge on any atom is -0.491 e. The van der Waals surface area contributed by atoms with Crippen LogP contribution in [-0.2, 0) is 11.2 Å². The van der Waals surface area contributed by atoms with Crippen LogP contribution < -0.4 is 4.74 Å². The normalized spacial score (nSPS) is 17.7. The van der Waals surface area contributed by atoms with E-state index in [9.17, 15) is 9.59 Å². The lowest BCUT2D eigenvalue weighted by Gasteiger charge is -2.33. The van der Waals surface area contributed by atoms with Gasteiger partial charge in [0.05, 0.1) is 11.6 Å². The molecule has 0 spiro atoms. The average Bonchev–Trinajstić information content (AvgIpc) is 2.81. The summed E-state index contributed by atoms with van der Waals surface area (Å²) in [5.74, 6) is 0.771. The van der Waals surface area contributed by atoms with E-state index in [-0.39, 0.29) is 17.9 Å². The molecule has 0 saturated heterocycles. The number of amides is 2. The molecule has 0 aromatic heterocycles. The molecule has 2 aromatic carbocycles. The third-order valence-electron chi connectivity index (χ3n) is 6.11. The highest BCUT2D eigenvalue weighted by molar-refractivity contribution is 5.96. The molecule has 0 unspecified atom stereocenters. The minimum atomic E-state index is -0.0770. The maximum Gasteiger partial charge on any atom is 0.257 e. The summed E-state index contributed by atoms with van der Waals surface area (Å²) in [6, 6.07) is 17.6. The number of carbonyl (C=O) groups is 2. The standard InChI is InChI=1S/C27H36N2O3/c1-3-4-6-17-26(30)29-19-12-11-18-28(2)27(31)24-15-9-10-16-25(24)32-21-23(29)20-22-13-7-5-8-14-22/h5,7-10,13-16,23H,3-4,6,11-12,17-21H2,1-2H3/t23-/m0/s1. The van der Waals surface area contributed by atoms with Gasteiger partial charge in [-0.25, -0.2) is 0 Å². The Bertz CT molecular complexity index is 868. The van der Waals surface area contributed by atoms with Crippen molar-refractivity contribution in [2.45, 2.75) is 57.9 Å². The van der Waals surface area contributed by atoms with Crippen LogP contribution in [0, 0.1) is 0 Å². The number of fused-ring (bicyclic) bond motifs is 1. The fraction of sp³-hybridized carbons (Fsp3) is 0.481. The molecule has 172 valence electrons. The van der Waals surface area contributed by atoms with Crippen LogP contribution in [0.2, 0.25) is 0 Å². The SMILES string of the molecule is CCCCCC(=O)N1CCCCN(C)C(=O)c2ccccc2OC[C@@H]1Cc1ccccc1. The van der Waals surface area contributed by atoms with E-state index >= 15 is 0 Å². The molecule has 0 aliphatic carbocycles. The van der Waals surface area contributed by atoms with Crippen LogP contribution in [0.25, 0.3) is 0 Å². The van der Waals surface area contributed by atoms with Crippen molar-refractivity contribution in [3.63, 3.8) is 0 Å². The lowest BCUT2D eigenvalue weighted by atomic mass is 10.0. The summed E-state index contributed by atoms with van der Waals surface area (Å²) in [5.41, 5.74) is 1.76. The molecule has 5 heteroatoms. The van der Waals surface area contributed by atoms with Crippen molar-refractivity contribution in [3.05, 3.63) is 65.7 Å². The number of carbonyl (C=O) groups excluding carboxylic acids is 2. The van der Waals surface area contributed by atoms with Gasteiger partial charge in [0.15, 0.2) is 0 Å². The number of para-hydroxylation sites is 1. The van der Waals surface area contributed by atoms with Crippen LogP contribution in [0.4, 0.5) is 0 Å². The maximum absolute atomic E-state index is 13.3. The first-order chi connectivity index (χ1) is 15.6. The van der Waals surface area contributed by atoms with Crippen molar-refractivity contribution in [3.8, 4) is 5.75 Å². The van der Waals surface area contributed by atoms with Crippen molar-refractivity contribution in [2.24, 2.45) is 0 Å². The van der Waals surface area contributed by atoms with Gasteiger partial charge in [0.2, 0.25) is 5.91 Å². The Labute approximate surface area is 192 Å². The molecule has 2 amide bonds. The van der Waals surface area contributed by atoms with Crippen LogP contribution in [0.3, 0.4) is 0 Å². The van der Waals surface area contributed by atoms with E-state index in [2.05, 4.69) is 19.1 Å². The first kappa shape index (κ1) is 23.8. The van der Waals surface area contributed by atoms with Gasteiger partial charge in [0.25, 0.3) is 5.91 Å². The van der Waals surface area contributed by atoms with E-state index in [1.54, 1.807) is 4.90 Å². The summed E-state index contributed by atoms with van der Waals surface area (Å²) in [6.07, 6.45) is 6.13. The molecule has 5 nitrogen and oxygen atoms in total. The first-order valence-electron chi connectivity index (χ1n) is 11.9. The van der Waals surface area contributed by atoms with E-state index in [1.807, 2.05) is 54.4 Å². The Morgan fingerprint density at radius 1 is 1.00 bits per heavy atom. The molecule has 1 aliphatic heterocycles. The smallest absolute Gasteiger partial charge is 0.257 e. The Balaban J connectivity index is 1.88. The van der Waals surface area contributed by atoms with E-state index < -0.39 is 0 Å². The molecule has 3 rings (SSSR count). The molecular weight excluding hydrogens is 400 g/mol. The van der Waals surface area contributed by atoms with Crippen molar-refractivity contribution < 1.29 is 14.3 Å². The largest absolute Gasteiger partial charge is 0.491 e. The van der Waals surface area contributed by atoms with Gasteiger partial charge in [-0.05, 0) is 43.4 Å². The Morgan fingerprint density at radius 3 is 2.50 bits per heavy atom. The van der Waals surface area contributed by atoms with Crippen molar-refractivity contribution in [2.75, 3.05) is 26.7 Å².